The van der Waals surface area contributed by atoms with Gasteiger partial charge in [0.25, 0.3) is 11.8 Å². The van der Waals surface area contributed by atoms with Gasteiger partial charge in [-0.1, -0.05) is 23.2 Å². The van der Waals surface area contributed by atoms with Gasteiger partial charge in [0.05, 0.1) is 10.7 Å². The van der Waals surface area contributed by atoms with Crippen LogP contribution in [0.5, 0.6) is 0 Å². The molecule has 0 saturated heterocycles. The molecule has 4 N–H and O–H groups in total. The molecule has 0 fully saturated rings. The van der Waals surface area contributed by atoms with E-state index < -0.39 is 17.9 Å². The zero-order valence-electron chi connectivity index (χ0n) is 7.91. The summed E-state index contributed by atoms with van der Waals surface area (Å²) in [5.74, 6) is -2.08. The maximum atomic E-state index is 11.2. The quantitative estimate of drug-likeness (QED) is 0.703. The first-order chi connectivity index (χ1) is 7.41. The highest BCUT2D eigenvalue weighted by Gasteiger charge is 2.21. The Kier molecular flexibility index (Phi) is 4.12. The third kappa shape index (κ3) is 3.10. The lowest BCUT2D eigenvalue weighted by atomic mass is 10.2. The maximum Gasteiger partial charge on any atom is 0.263 e. The predicted octanol–water partition coefficient (Wildman–Crippen LogP) is 0.778. The number of carbonyl (C=O) groups is 2. The van der Waals surface area contributed by atoms with Gasteiger partial charge in [-0.2, -0.15) is 0 Å². The minimum Gasteiger partial charge on any atom is -0.375 e. The molecule has 0 radical (unpaired) electrons. The van der Waals surface area contributed by atoms with Crippen LogP contribution in [-0.2, 0) is 9.59 Å². The zero-order valence-corrected chi connectivity index (χ0v) is 9.42. The average molecular weight is 263 g/mol. The molecule has 0 bridgehead atoms. The van der Waals surface area contributed by atoms with Gasteiger partial charge in [-0.25, -0.2) is 0 Å². The van der Waals surface area contributed by atoms with Gasteiger partial charge in [0.1, 0.15) is 0 Å². The van der Waals surface area contributed by atoms with Crippen molar-refractivity contribution in [3.63, 3.8) is 0 Å². The van der Waals surface area contributed by atoms with Gasteiger partial charge in [-0.05, 0) is 18.2 Å². The molecule has 7 heteroatoms. The lowest BCUT2D eigenvalue weighted by Crippen LogP contribution is -2.39. The fourth-order valence-electron chi connectivity index (χ4n) is 0.921. The van der Waals surface area contributed by atoms with Gasteiger partial charge in [0, 0.05) is 5.02 Å². The molecule has 1 unspecified atom stereocenters. The number of halogens is 2. The smallest absolute Gasteiger partial charge is 0.263 e. The summed E-state index contributed by atoms with van der Waals surface area (Å²) in [7, 11) is 0. The van der Waals surface area contributed by atoms with Crippen molar-refractivity contribution < 1.29 is 14.7 Å². The van der Waals surface area contributed by atoms with Crippen molar-refractivity contribution in [3.8, 4) is 0 Å². The number of anilines is 1. The fourth-order valence-corrected chi connectivity index (χ4v) is 1.38. The first-order valence-electron chi connectivity index (χ1n) is 4.15. The molecule has 0 aliphatic heterocycles. The fraction of sp³-hybridized carbons (Fsp3) is 0.111. The molecule has 0 spiro atoms. The topological polar surface area (TPSA) is 92.4 Å². The summed E-state index contributed by atoms with van der Waals surface area (Å²) in [4.78, 5) is 21.8. The monoisotopic (exact) mass is 262 g/mol. The van der Waals surface area contributed by atoms with E-state index in [0.717, 1.165) is 0 Å². The normalized spacial score (nSPS) is 11.9. The van der Waals surface area contributed by atoms with Crippen LogP contribution >= 0.6 is 23.2 Å². The molecule has 86 valence electrons. The molecule has 0 aliphatic rings. The van der Waals surface area contributed by atoms with Crippen molar-refractivity contribution in [1.29, 1.82) is 0 Å². The van der Waals surface area contributed by atoms with E-state index in [9.17, 15) is 9.59 Å². The number of nitrogens with one attached hydrogen (secondary N) is 1. The second kappa shape index (κ2) is 5.16. The number of carbonyl (C=O) groups excluding carboxylic acids is 2. The summed E-state index contributed by atoms with van der Waals surface area (Å²) in [6, 6.07) is 4.35. The minimum atomic E-state index is -1.91. The van der Waals surface area contributed by atoms with Gasteiger partial charge in [-0.3, -0.25) is 9.59 Å². The van der Waals surface area contributed by atoms with Crippen molar-refractivity contribution in [1.82, 2.24) is 0 Å². The Morgan fingerprint density at radius 2 is 2.00 bits per heavy atom. The first kappa shape index (κ1) is 12.8. The Morgan fingerprint density at radius 1 is 1.38 bits per heavy atom. The number of rotatable bonds is 3. The summed E-state index contributed by atoms with van der Waals surface area (Å²) in [5.41, 5.74) is 4.98. The summed E-state index contributed by atoms with van der Waals surface area (Å²) in [5, 5.41) is 11.9. The second-order valence-electron chi connectivity index (χ2n) is 2.92. The van der Waals surface area contributed by atoms with E-state index in [0.29, 0.717) is 5.02 Å². The first-order valence-corrected chi connectivity index (χ1v) is 4.90. The largest absolute Gasteiger partial charge is 0.375 e. The third-order valence-corrected chi connectivity index (χ3v) is 2.25. The Hall–Kier alpha value is -1.30. The molecule has 1 rings (SSSR count). The summed E-state index contributed by atoms with van der Waals surface area (Å²) >= 11 is 11.4. The van der Waals surface area contributed by atoms with E-state index in [1.807, 2.05) is 0 Å². The number of primary amides is 1. The van der Waals surface area contributed by atoms with Crippen LogP contribution in [0.4, 0.5) is 5.69 Å². The Bertz CT molecular complexity index is 437. The van der Waals surface area contributed by atoms with E-state index in [4.69, 9.17) is 34.0 Å². The molecule has 0 aromatic heterocycles. The Labute approximate surface area is 101 Å². The number of benzene rings is 1. The number of amides is 2. The molecule has 5 nitrogen and oxygen atoms in total. The van der Waals surface area contributed by atoms with Gasteiger partial charge >= 0.3 is 0 Å². The number of hydrogen-bond acceptors (Lipinski definition) is 3. The van der Waals surface area contributed by atoms with Crippen molar-refractivity contribution in [2.75, 3.05) is 5.32 Å². The Morgan fingerprint density at radius 3 is 2.50 bits per heavy atom. The zero-order chi connectivity index (χ0) is 12.3. The molecule has 1 aromatic carbocycles. The summed E-state index contributed by atoms with van der Waals surface area (Å²) < 4.78 is 0. The standard InChI is InChI=1S/C9H8Cl2N2O3/c10-4-1-2-6(5(11)3-4)13-9(16)7(14)8(12)15/h1-3,7,14H,(H2,12,15)(H,13,16). The predicted molar refractivity (Wildman–Crippen MR) is 60.3 cm³/mol. The van der Waals surface area contributed by atoms with E-state index in [2.05, 4.69) is 5.32 Å². The lowest BCUT2D eigenvalue weighted by Gasteiger charge is -2.09. The van der Waals surface area contributed by atoms with E-state index in [1.165, 1.54) is 18.2 Å². The SMILES string of the molecule is NC(=O)C(O)C(=O)Nc1ccc(Cl)cc1Cl. The maximum absolute atomic E-state index is 11.2. The Balaban J connectivity index is 2.81. The van der Waals surface area contributed by atoms with Crippen molar-refractivity contribution in [2.24, 2.45) is 5.73 Å². The molecule has 0 heterocycles. The van der Waals surface area contributed by atoms with Gasteiger partial charge in [0.2, 0.25) is 6.10 Å². The van der Waals surface area contributed by atoms with Gasteiger partial charge in [0.15, 0.2) is 0 Å². The number of aliphatic hydroxyl groups is 1. The molecule has 1 atom stereocenters. The number of aliphatic hydroxyl groups excluding tert-OH is 1. The van der Waals surface area contributed by atoms with Crippen molar-refractivity contribution in [2.45, 2.75) is 6.10 Å². The van der Waals surface area contributed by atoms with Crippen LogP contribution in [0, 0.1) is 0 Å². The van der Waals surface area contributed by atoms with E-state index in [1.54, 1.807) is 0 Å². The van der Waals surface area contributed by atoms with Gasteiger partial charge in [-0.15, -0.1) is 0 Å². The molecular weight excluding hydrogens is 255 g/mol. The van der Waals surface area contributed by atoms with Crippen LogP contribution in [-0.4, -0.2) is 23.0 Å². The van der Waals surface area contributed by atoms with Gasteiger partial charge < -0.3 is 16.2 Å². The van der Waals surface area contributed by atoms with Crippen LogP contribution in [0.1, 0.15) is 0 Å². The summed E-state index contributed by atoms with van der Waals surface area (Å²) in [6.45, 7) is 0. The molecule has 2 amide bonds. The molecule has 1 aromatic rings. The highest BCUT2D eigenvalue weighted by atomic mass is 35.5. The van der Waals surface area contributed by atoms with Crippen molar-refractivity contribution >= 4 is 40.7 Å². The molecule has 0 saturated carbocycles. The van der Waals surface area contributed by atoms with Crippen LogP contribution in [0.15, 0.2) is 18.2 Å². The van der Waals surface area contributed by atoms with E-state index >= 15 is 0 Å². The third-order valence-electron chi connectivity index (χ3n) is 1.71. The van der Waals surface area contributed by atoms with E-state index in [-0.39, 0.29) is 10.7 Å². The summed E-state index contributed by atoms with van der Waals surface area (Å²) in [6.07, 6.45) is -1.91. The van der Waals surface area contributed by atoms with Crippen molar-refractivity contribution in [3.05, 3.63) is 28.2 Å². The lowest BCUT2D eigenvalue weighted by molar-refractivity contribution is -0.136. The molecular formula is C9H8Cl2N2O3. The number of nitrogens with two attached hydrogens (primary N) is 1. The highest BCUT2D eigenvalue weighted by molar-refractivity contribution is 6.36. The van der Waals surface area contributed by atoms with Crippen LogP contribution < -0.4 is 11.1 Å². The number of hydrogen-bond donors (Lipinski definition) is 3. The molecule has 0 aliphatic carbocycles. The average Bonchev–Trinajstić information content (AvgIpc) is 2.20. The van der Waals surface area contributed by atoms with Crippen LogP contribution in [0.3, 0.4) is 0 Å². The van der Waals surface area contributed by atoms with Crippen LogP contribution in [0.25, 0.3) is 0 Å². The minimum absolute atomic E-state index is 0.192. The van der Waals surface area contributed by atoms with Crippen LogP contribution in [0.2, 0.25) is 10.0 Å². The second-order valence-corrected chi connectivity index (χ2v) is 3.76. The molecule has 16 heavy (non-hydrogen) atoms. The highest BCUT2D eigenvalue weighted by Crippen LogP contribution is 2.25.